The standard InChI is InChI=1S/C12H18N2O/c1-3-4-5-8-13-9-11-6-7-12(15-2)14-10-11/h3,6-7,10,13H,1,4-5,8-9H2,2H3. The lowest BCUT2D eigenvalue weighted by Crippen LogP contribution is -2.14. The lowest BCUT2D eigenvalue weighted by atomic mass is 10.2. The van der Waals surface area contributed by atoms with Crippen molar-refractivity contribution in [2.45, 2.75) is 19.4 Å². The molecule has 0 unspecified atom stereocenters. The van der Waals surface area contributed by atoms with Crippen LogP contribution in [0.2, 0.25) is 0 Å². The fraction of sp³-hybridized carbons (Fsp3) is 0.417. The Morgan fingerprint density at radius 2 is 2.40 bits per heavy atom. The number of nitrogens with zero attached hydrogens (tertiary/aromatic N) is 1. The summed E-state index contributed by atoms with van der Waals surface area (Å²) in [5.41, 5.74) is 1.18. The van der Waals surface area contributed by atoms with Crippen LogP contribution in [0.4, 0.5) is 0 Å². The lowest BCUT2D eigenvalue weighted by Gasteiger charge is -2.04. The van der Waals surface area contributed by atoms with Gasteiger partial charge in [0.05, 0.1) is 7.11 Å². The van der Waals surface area contributed by atoms with Crippen molar-refractivity contribution in [3.63, 3.8) is 0 Å². The van der Waals surface area contributed by atoms with Crippen LogP contribution < -0.4 is 10.1 Å². The van der Waals surface area contributed by atoms with Gasteiger partial charge in [0.15, 0.2) is 0 Å². The minimum absolute atomic E-state index is 0.658. The first kappa shape index (κ1) is 11.7. The zero-order valence-corrected chi connectivity index (χ0v) is 9.20. The van der Waals surface area contributed by atoms with Gasteiger partial charge >= 0.3 is 0 Å². The molecule has 1 aromatic rings. The van der Waals surface area contributed by atoms with Crippen LogP contribution in [0, 0.1) is 0 Å². The molecular formula is C12H18N2O. The minimum atomic E-state index is 0.658. The first-order valence-electron chi connectivity index (χ1n) is 5.17. The largest absolute Gasteiger partial charge is 0.481 e. The van der Waals surface area contributed by atoms with Crippen molar-refractivity contribution in [1.29, 1.82) is 0 Å². The summed E-state index contributed by atoms with van der Waals surface area (Å²) in [7, 11) is 1.62. The van der Waals surface area contributed by atoms with Crippen molar-refractivity contribution in [2.75, 3.05) is 13.7 Å². The second-order valence-corrected chi connectivity index (χ2v) is 3.32. The molecule has 0 aliphatic rings. The van der Waals surface area contributed by atoms with Crippen molar-refractivity contribution in [3.8, 4) is 5.88 Å². The predicted octanol–water partition coefficient (Wildman–Crippen LogP) is 2.15. The maximum absolute atomic E-state index is 4.98. The second-order valence-electron chi connectivity index (χ2n) is 3.32. The second kappa shape index (κ2) is 7.01. The molecule has 15 heavy (non-hydrogen) atoms. The first-order chi connectivity index (χ1) is 7.36. The fourth-order valence-corrected chi connectivity index (χ4v) is 1.24. The Kier molecular flexibility index (Phi) is 5.48. The Morgan fingerprint density at radius 3 is 3.00 bits per heavy atom. The molecule has 3 nitrogen and oxygen atoms in total. The number of unbranched alkanes of at least 4 members (excludes halogenated alkanes) is 1. The van der Waals surface area contributed by atoms with Crippen LogP contribution in [-0.4, -0.2) is 18.6 Å². The highest BCUT2D eigenvalue weighted by atomic mass is 16.5. The van der Waals surface area contributed by atoms with Crippen LogP contribution in [0.3, 0.4) is 0 Å². The summed E-state index contributed by atoms with van der Waals surface area (Å²) in [5, 5.41) is 3.35. The third-order valence-electron chi connectivity index (χ3n) is 2.10. The van der Waals surface area contributed by atoms with Crippen LogP contribution in [0.1, 0.15) is 18.4 Å². The van der Waals surface area contributed by atoms with Crippen molar-refractivity contribution < 1.29 is 4.74 Å². The van der Waals surface area contributed by atoms with Crippen LogP contribution in [0.25, 0.3) is 0 Å². The van der Waals surface area contributed by atoms with E-state index in [2.05, 4.69) is 16.9 Å². The minimum Gasteiger partial charge on any atom is -0.481 e. The molecule has 0 radical (unpaired) electrons. The van der Waals surface area contributed by atoms with E-state index < -0.39 is 0 Å². The molecule has 1 rings (SSSR count). The highest BCUT2D eigenvalue weighted by Gasteiger charge is 1.94. The normalized spacial score (nSPS) is 9.93. The smallest absolute Gasteiger partial charge is 0.212 e. The number of aromatic nitrogens is 1. The van der Waals surface area contributed by atoms with Crippen molar-refractivity contribution in [3.05, 3.63) is 36.5 Å². The molecule has 0 saturated heterocycles. The number of pyridine rings is 1. The van der Waals surface area contributed by atoms with E-state index >= 15 is 0 Å². The fourth-order valence-electron chi connectivity index (χ4n) is 1.24. The summed E-state index contributed by atoms with van der Waals surface area (Å²) in [6, 6.07) is 3.90. The Balaban J connectivity index is 2.22. The molecule has 82 valence electrons. The molecule has 0 aromatic carbocycles. The predicted molar refractivity (Wildman–Crippen MR) is 61.9 cm³/mol. The molecule has 0 fully saturated rings. The Bertz CT molecular complexity index is 282. The monoisotopic (exact) mass is 206 g/mol. The van der Waals surface area contributed by atoms with E-state index in [0.29, 0.717) is 5.88 Å². The molecule has 0 aliphatic carbocycles. The van der Waals surface area contributed by atoms with Gasteiger partial charge in [-0.1, -0.05) is 12.1 Å². The van der Waals surface area contributed by atoms with Crippen molar-refractivity contribution in [2.24, 2.45) is 0 Å². The Hall–Kier alpha value is -1.35. The van der Waals surface area contributed by atoms with Crippen LogP contribution in [-0.2, 0) is 6.54 Å². The first-order valence-corrected chi connectivity index (χ1v) is 5.17. The molecule has 1 heterocycles. The zero-order chi connectivity index (χ0) is 10.9. The quantitative estimate of drug-likeness (QED) is 0.548. The summed E-state index contributed by atoms with van der Waals surface area (Å²) < 4.78 is 4.98. The zero-order valence-electron chi connectivity index (χ0n) is 9.20. The van der Waals surface area contributed by atoms with E-state index in [1.807, 2.05) is 24.4 Å². The topological polar surface area (TPSA) is 34.1 Å². The van der Waals surface area contributed by atoms with Gasteiger partial charge in [-0.3, -0.25) is 0 Å². The Morgan fingerprint density at radius 1 is 1.53 bits per heavy atom. The van der Waals surface area contributed by atoms with Crippen LogP contribution in [0.5, 0.6) is 5.88 Å². The van der Waals surface area contributed by atoms with Gasteiger partial charge in [0.25, 0.3) is 0 Å². The van der Waals surface area contributed by atoms with Crippen molar-refractivity contribution >= 4 is 0 Å². The van der Waals surface area contributed by atoms with Gasteiger partial charge in [0.1, 0.15) is 0 Å². The number of allylic oxidation sites excluding steroid dienone is 1. The lowest BCUT2D eigenvalue weighted by molar-refractivity contribution is 0.397. The molecule has 0 saturated carbocycles. The average molecular weight is 206 g/mol. The number of hydrogen-bond donors (Lipinski definition) is 1. The molecule has 0 amide bonds. The van der Waals surface area contributed by atoms with E-state index in [1.54, 1.807) is 7.11 Å². The van der Waals surface area contributed by atoms with Gasteiger partial charge in [-0.2, -0.15) is 0 Å². The summed E-state index contributed by atoms with van der Waals surface area (Å²) in [6.07, 6.45) is 5.97. The third kappa shape index (κ3) is 4.61. The summed E-state index contributed by atoms with van der Waals surface area (Å²) in [6.45, 7) is 5.55. The average Bonchev–Trinajstić information content (AvgIpc) is 2.30. The third-order valence-corrected chi connectivity index (χ3v) is 2.10. The summed E-state index contributed by atoms with van der Waals surface area (Å²) in [4.78, 5) is 4.13. The number of rotatable bonds is 7. The SMILES string of the molecule is C=CCCCNCc1ccc(OC)nc1. The maximum Gasteiger partial charge on any atom is 0.212 e. The van der Waals surface area contributed by atoms with E-state index in [9.17, 15) is 0 Å². The maximum atomic E-state index is 4.98. The summed E-state index contributed by atoms with van der Waals surface area (Å²) in [5.74, 6) is 0.658. The highest BCUT2D eigenvalue weighted by molar-refractivity contribution is 5.17. The van der Waals surface area contributed by atoms with E-state index in [-0.39, 0.29) is 0 Å². The molecule has 0 bridgehead atoms. The van der Waals surface area contributed by atoms with Crippen molar-refractivity contribution in [1.82, 2.24) is 10.3 Å². The van der Waals surface area contributed by atoms with Gasteiger partial charge in [0, 0.05) is 18.8 Å². The molecule has 0 aliphatic heterocycles. The number of nitrogens with one attached hydrogen (secondary N) is 1. The summed E-state index contributed by atoms with van der Waals surface area (Å²) >= 11 is 0. The number of hydrogen-bond acceptors (Lipinski definition) is 3. The molecule has 1 aromatic heterocycles. The van der Waals surface area contributed by atoms with Crippen LogP contribution in [0.15, 0.2) is 31.0 Å². The molecular weight excluding hydrogens is 188 g/mol. The number of ether oxygens (including phenoxy) is 1. The van der Waals surface area contributed by atoms with Gasteiger partial charge < -0.3 is 10.1 Å². The molecule has 3 heteroatoms. The van der Waals surface area contributed by atoms with Gasteiger partial charge in [-0.25, -0.2) is 4.98 Å². The van der Waals surface area contributed by atoms with Gasteiger partial charge in [0.2, 0.25) is 5.88 Å². The molecule has 0 spiro atoms. The molecule has 1 N–H and O–H groups in total. The van der Waals surface area contributed by atoms with Crippen LogP contribution >= 0.6 is 0 Å². The van der Waals surface area contributed by atoms with E-state index in [1.165, 1.54) is 5.56 Å². The highest BCUT2D eigenvalue weighted by Crippen LogP contribution is 2.06. The molecule has 0 atom stereocenters. The van der Waals surface area contributed by atoms with E-state index in [4.69, 9.17) is 4.74 Å². The Labute approximate surface area is 91.2 Å². The van der Waals surface area contributed by atoms with Gasteiger partial charge in [-0.05, 0) is 24.9 Å². The van der Waals surface area contributed by atoms with E-state index in [0.717, 1.165) is 25.9 Å². The number of methoxy groups -OCH3 is 1. The van der Waals surface area contributed by atoms with Gasteiger partial charge in [-0.15, -0.1) is 6.58 Å².